The van der Waals surface area contributed by atoms with Gasteiger partial charge in [0.1, 0.15) is 22.9 Å². The average molecular weight is 412 g/mol. The second kappa shape index (κ2) is 9.69. The van der Waals surface area contributed by atoms with Gasteiger partial charge < -0.3 is 14.2 Å². The number of rotatable bonds is 5. The van der Waals surface area contributed by atoms with E-state index >= 15 is 0 Å². The predicted molar refractivity (Wildman–Crippen MR) is 112 cm³/mol. The second-order valence-corrected chi connectivity index (χ2v) is 7.28. The summed E-state index contributed by atoms with van der Waals surface area (Å²) in [5, 5.41) is 2.54. The zero-order valence-electron chi connectivity index (χ0n) is 17.5. The lowest BCUT2D eigenvalue weighted by Gasteiger charge is -2.19. The highest BCUT2D eigenvalue weighted by Gasteiger charge is 2.16. The van der Waals surface area contributed by atoms with E-state index < -0.39 is 17.7 Å². The Hall–Kier alpha value is -3.68. The summed E-state index contributed by atoms with van der Waals surface area (Å²) in [6, 6.07) is 10.8. The minimum Gasteiger partial charge on any atom is -0.496 e. The number of amidine groups is 1. The molecule has 0 spiro atoms. The summed E-state index contributed by atoms with van der Waals surface area (Å²) >= 11 is 0. The van der Waals surface area contributed by atoms with E-state index in [9.17, 15) is 14.4 Å². The van der Waals surface area contributed by atoms with Crippen LogP contribution in [0.4, 0.5) is 10.5 Å². The number of methoxy groups -OCH3 is 1. The Balaban J connectivity index is 2.03. The zero-order valence-corrected chi connectivity index (χ0v) is 17.5. The zero-order chi connectivity index (χ0) is 22.3. The van der Waals surface area contributed by atoms with Gasteiger partial charge in [0, 0.05) is 6.07 Å². The quantitative estimate of drug-likeness (QED) is 0.258. The number of aldehydes is 1. The first kappa shape index (κ1) is 22.6. The first-order valence-electron chi connectivity index (χ1n) is 9.12. The van der Waals surface area contributed by atoms with E-state index in [4.69, 9.17) is 14.2 Å². The van der Waals surface area contributed by atoms with Gasteiger partial charge in [-0.2, -0.15) is 0 Å². The number of hydrogen-bond acceptors (Lipinski definition) is 7. The molecule has 2 rings (SSSR count). The summed E-state index contributed by atoms with van der Waals surface area (Å²) in [5.74, 6) is 0.340. The van der Waals surface area contributed by atoms with Crippen LogP contribution in [0.1, 0.15) is 48.4 Å². The minimum atomic E-state index is -0.607. The van der Waals surface area contributed by atoms with Crippen LogP contribution in [0, 0.1) is 0 Å². The van der Waals surface area contributed by atoms with E-state index in [1.807, 2.05) is 0 Å². The number of hydrogen-bond donors (Lipinski definition) is 1. The molecule has 1 N–H and O–H groups in total. The molecule has 8 nitrogen and oxygen atoms in total. The second-order valence-electron chi connectivity index (χ2n) is 7.28. The molecule has 158 valence electrons. The van der Waals surface area contributed by atoms with Crippen molar-refractivity contribution in [3.05, 3.63) is 53.6 Å². The lowest BCUT2D eigenvalue weighted by atomic mass is 10.2. The number of aliphatic imine (C=N–C) groups is 1. The van der Waals surface area contributed by atoms with Gasteiger partial charge in [-0.05, 0) is 64.1 Å². The molecule has 0 heterocycles. The molecule has 1 amide bonds. The van der Waals surface area contributed by atoms with Crippen molar-refractivity contribution in [2.24, 2.45) is 4.99 Å². The SMILES string of the molecule is COc1cc(OC(=O)c2ccc(N=C(C)NC(=O)OC(C)(C)C)cc2)ccc1C=O. The first-order chi connectivity index (χ1) is 14.1. The molecule has 0 fully saturated rings. The molecule has 8 heteroatoms. The standard InChI is InChI=1S/C22H24N2O6/c1-14(24-21(27)30-22(2,3)4)23-17-9-6-15(7-10-17)20(26)29-18-11-8-16(13-25)19(12-18)28-5/h6-13H,1-5H3,(H,23,24,27). The normalized spacial score (nSPS) is 11.4. The van der Waals surface area contributed by atoms with Crippen LogP contribution in [-0.4, -0.2) is 36.9 Å². The summed E-state index contributed by atoms with van der Waals surface area (Å²) in [4.78, 5) is 39.3. The maximum atomic E-state index is 12.3. The topological polar surface area (TPSA) is 103 Å². The molecular weight excluding hydrogens is 388 g/mol. The van der Waals surface area contributed by atoms with Crippen LogP contribution in [0.2, 0.25) is 0 Å². The van der Waals surface area contributed by atoms with Gasteiger partial charge in [-0.25, -0.2) is 14.6 Å². The fraction of sp³-hybridized carbons (Fsp3) is 0.273. The van der Waals surface area contributed by atoms with Gasteiger partial charge in [0.05, 0.1) is 23.9 Å². The van der Waals surface area contributed by atoms with E-state index in [2.05, 4.69) is 10.3 Å². The van der Waals surface area contributed by atoms with E-state index in [1.165, 1.54) is 25.3 Å². The summed E-state index contributed by atoms with van der Waals surface area (Å²) in [7, 11) is 1.42. The maximum Gasteiger partial charge on any atom is 0.413 e. The Morgan fingerprint density at radius 2 is 1.73 bits per heavy atom. The summed E-state index contributed by atoms with van der Waals surface area (Å²) < 4.78 is 15.6. The van der Waals surface area contributed by atoms with E-state index in [1.54, 1.807) is 52.0 Å². The van der Waals surface area contributed by atoms with Gasteiger partial charge in [-0.15, -0.1) is 0 Å². The van der Waals surface area contributed by atoms with Crippen molar-refractivity contribution in [1.82, 2.24) is 5.32 Å². The molecule has 0 bridgehead atoms. The molecule has 0 aliphatic heterocycles. The summed E-state index contributed by atoms with van der Waals surface area (Å²) in [6.07, 6.45) is 0.0588. The summed E-state index contributed by atoms with van der Waals surface area (Å²) in [6.45, 7) is 6.93. The van der Waals surface area contributed by atoms with E-state index in [0.29, 0.717) is 34.7 Å². The third-order valence-corrected chi connectivity index (χ3v) is 3.62. The number of benzene rings is 2. The number of esters is 1. The molecule has 0 aliphatic carbocycles. The van der Waals surface area contributed by atoms with Crippen LogP contribution in [0.15, 0.2) is 47.5 Å². The molecule has 0 unspecified atom stereocenters. The third-order valence-electron chi connectivity index (χ3n) is 3.62. The van der Waals surface area contributed by atoms with Gasteiger partial charge in [0.25, 0.3) is 0 Å². The summed E-state index contributed by atoms with van der Waals surface area (Å²) in [5.41, 5.74) is 0.598. The fourth-order valence-corrected chi connectivity index (χ4v) is 2.36. The van der Waals surface area contributed by atoms with E-state index in [-0.39, 0.29) is 5.75 Å². The number of nitrogens with one attached hydrogen (secondary N) is 1. The van der Waals surface area contributed by atoms with Crippen molar-refractivity contribution in [2.75, 3.05) is 7.11 Å². The largest absolute Gasteiger partial charge is 0.496 e. The molecule has 0 saturated carbocycles. The van der Waals surface area contributed by atoms with Crippen molar-refractivity contribution in [3.63, 3.8) is 0 Å². The minimum absolute atomic E-state index is 0.252. The molecule has 0 saturated heterocycles. The van der Waals surface area contributed by atoms with Crippen LogP contribution in [0.3, 0.4) is 0 Å². The van der Waals surface area contributed by atoms with Crippen LogP contribution in [-0.2, 0) is 4.74 Å². The molecule has 0 aliphatic rings. The number of alkyl carbamates (subject to hydrolysis) is 1. The van der Waals surface area contributed by atoms with Gasteiger partial charge in [0.2, 0.25) is 0 Å². The number of carbonyl (C=O) groups excluding carboxylic acids is 3. The molecule has 30 heavy (non-hydrogen) atoms. The Morgan fingerprint density at radius 1 is 1.07 bits per heavy atom. The lowest BCUT2D eigenvalue weighted by molar-refractivity contribution is 0.0562. The van der Waals surface area contributed by atoms with Crippen LogP contribution in [0.25, 0.3) is 0 Å². The van der Waals surface area contributed by atoms with Gasteiger partial charge in [0.15, 0.2) is 6.29 Å². The molecule has 0 atom stereocenters. The number of ether oxygens (including phenoxy) is 3. The molecule has 0 aromatic heterocycles. The number of nitrogens with zero attached hydrogens (tertiary/aromatic N) is 1. The van der Waals surface area contributed by atoms with Crippen LogP contribution >= 0.6 is 0 Å². The lowest BCUT2D eigenvalue weighted by Crippen LogP contribution is -2.35. The highest BCUT2D eigenvalue weighted by Crippen LogP contribution is 2.24. The number of amides is 1. The Labute approximate surface area is 174 Å². The van der Waals surface area contributed by atoms with E-state index in [0.717, 1.165) is 0 Å². The maximum absolute atomic E-state index is 12.3. The Kier molecular flexibility index (Phi) is 7.30. The highest BCUT2D eigenvalue weighted by molar-refractivity contribution is 5.95. The predicted octanol–water partition coefficient (Wildman–Crippen LogP) is 4.30. The monoisotopic (exact) mass is 412 g/mol. The molecule has 0 radical (unpaired) electrons. The first-order valence-corrected chi connectivity index (χ1v) is 9.12. The molecular formula is C22H24N2O6. The van der Waals surface area contributed by atoms with Gasteiger partial charge >= 0.3 is 12.1 Å². The Bertz CT molecular complexity index is 959. The van der Waals surface area contributed by atoms with Crippen molar-refractivity contribution in [2.45, 2.75) is 33.3 Å². The van der Waals surface area contributed by atoms with Gasteiger partial charge in [-0.1, -0.05) is 0 Å². The molecule has 2 aromatic rings. The Morgan fingerprint density at radius 3 is 2.30 bits per heavy atom. The van der Waals surface area contributed by atoms with Crippen molar-refractivity contribution >= 4 is 29.9 Å². The molecule has 2 aromatic carbocycles. The van der Waals surface area contributed by atoms with Gasteiger partial charge in [-0.3, -0.25) is 10.1 Å². The highest BCUT2D eigenvalue weighted by atomic mass is 16.6. The smallest absolute Gasteiger partial charge is 0.413 e. The van der Waals surface area contributed by atoms with Crippen molar-refractivity contribution < 1.29 is 28.6 Å². The third kappa shape index (κ3) is 6.73. The number of carbonyl (C=O) groups is 3. The van der Waals surface area contributed by atoms with Crippen molar-refractivity contribution in [3.8, 4) is 11.5 Å². The van der Waals surface area contributed by atoms with Crippen LogP contribution < -0.4 is 14.8 Å². The van der Waals surface area contributed by atoms with Crippen LogP contribution in [0.5, 0.6) is 11.5 Å². The van der Waals surface area contributed by atoms with Crippen molar-refractivity contribution in [1.29, 1.82) is 0 Å². The average Bonchev–Trinajstić information content (AvgIpc) is 2.66. The fourth-order valence-electron chi connectivity index (χ4n) is 2.36.